The van der Waals surface area contributed by atoms with Crippen LogP contribution in [-0.4, -0.2) is 19.6 Å². The van der Waals surface area contributed by atoms with Crippen molar-refractivity contribution in [1.82, 2.24) is 9.55 Å². The zero-order chi connectivity index (χ0) is 10.6. The fourth-order valence-corrected chi connectivity index (χ4v) is 1.07. The molecule has 0 unspecified atom stereocenters. The van der Waals surface area contributed by atoms with Crippen LogP contribution in [0.15, 0.2) is 6.33 Å². The summed E-state index contributed by atoms with van der Waals surface area (Å²) in [5, 5.41) is 27.6. The molecule has 14 heavy (non-hydrogen) atoms. The van der Waals surface area contributed by atoms with Gasteiger partial charge in [0, 0.05) is 6.54 Å². The van der Waals surface area contributed by atoms with Crippen LogP contribution in [0.3, 0.4) is 0 Å². The molecule has 74 valence electrons. The summed E-state index contributed by atoms with van der Waals surface area (Å²) in [7, 11) is 0. The number of nitriles is 1. The van der Waals surface area contributed by atoms with E-state index in [9.17, 15) is 10.1 Å². The van der Waals surface area contributed by atoms with Gasteiger partial charge in [-0.15, -0.1) is 0 Å². The topological polar surface area (TPSA) is 105 Å². The number of rotatable bonds is 4. The lowest BCUT2D eigenvalue weighted by Crippen LogP contribution is -2.03. The summed E-state index contributed by atoms with van der Waals surface area (Å²) in [6, 6.07) is 1.91. The maximum atomic E-state index is 10.4. The molecule has 0 saturated carbocycles. The van der Waals surface area contributed by atoms with E-state index in [-0.39, 0.29) is 17.9 Å². The molecule has 1 heterocycles. The Bertz CT molecular complexity index is 379. The lowest BCUT2D eigenvalue weighted by Gasteiger charge is -2.00. The molecule has 1 aromatic heterocycles. The lowest BCUT2D eigenvalue weighted by molar-refractivity contribution is -0.390. The second-order valence-electron chi connectivity index (χ2n) is 2.53. The predicted molar refractivity (Wildman–Crippen MR) is 45.0 cm³/mol. The Hall–Kier alpha value is -1.94. The van der Waals surface area contributed by atoms with Gasteiger partial charge in [0.2, 0.25) is 6.33 Å². The molecular weight excluding hydrogens is 188 g/mol. The van der Waals surface area contributed by atoms with E-state index in [0.717, 1.165) is 0 Å². The standard InChI is InChI=1S/C7H8N4O3/c8-2-1-3-10-5-9-7(11(13)14)6(10)4-12/h5,12H,1,3-4H2. The van der Waals surface area contributed by atoms with E-state index in [4.69, 9.17) is 10.4 Å². The van der Waals surface area contributed by atoms with Gasteiger partial charge >= 0.3 is 5.82 Å². The maximum absolute atomic E-state index is 10.4. The van der Waals surface area contributed by atoms with E-state index in [0.29, 0.717) is 6.54 Å². The molecule has 0 atom stereocenters. The van der Waals surface area contributed by atoms with Crippen LogP contribution in [0, 0.1) is 21.4 Å². The normalized spacial score (nSPS) is 9.71. The molecule has 1 aromatic rings. The number of hydrogen-bond acceptors (Lipinski definition) is 5. The SMILES string of the molecule is N#CCCn1cnc([N+](=O)[O-])c1CO. The van der Waals surface area contributed by atoms with Crippen molar-refractivity contribution >= 4 is 5.82 Å². The third-order valence-corrected chi connectivity index (χ3v) is 1.71. The molecule has 1 rings (SSSR count). The Labute approximate surface area is 79.4 Å². The maximum Gasteiger partial charge on any atom is 0.387 e. The van der Waals surface area contributed by atoms with Crippen LogP contribution in [0.2, 0.25) is 0 Å². The summed E-state index contributed by atoms with van der Waals surface area (Å²) < 4.78 is 1.40. The van der Waals surface area contributed by atoms with Gasteiger partial charge in [-0.3, -0.25) is 0 Å². The Balaban J connectivity index is 2.96. The van der Waals surface area contributed by atoms with E-state index >= 15 is 0 Å². The van der Waals surface area contributed by atoms with Gasteiger partial charge in [0.25, 0.3) is 0 Å². The van der Waals surface area contributed by atoms with Crippen molar-refractivity contribution in [3.8, 4) is 6.07 Å². The Morgan fingerprint density at radius 1 is 1.79 bits per heavy atom. The summed E-state index contributed by atoms with van der Waals surface area (Å²) in [4.78, 5) is 13.3. The zero-order valence-electron chi connectivity index (χ0n) is 7.25. The van der Waals surface area contributed by atoms with E-state index in [1.54, 1.807) is 0 Å². The van der Waals surface area contributed by atoms with Crippen LogP contribution >= 0.6 is 0 Å². The number of hydrogen-bond donors (Lipinski definition) is 1. The molecule has 1 N–H and O–H groups in total. The number of aliphatic hydroxyl groups is 1. The zero-order valence-corrected chi connectivity index (χ0v) is 7.25. The van der Waals surface area contributed by atoms with Crippen LogP contribution < -0.4 is 0 Å². The van der Waals surface area contributed by atoms with Gasteiger partial charge in [0.1, 0.15) is 5.69 Å². The molecule has 0 spiro atoms. The first-order valence-electron chi connectivity index (χ1n) is 3.87. The molecular formula is C7H8N4O3. The first-order valence-corrected chi connectivity index (χ1v) is 3.87. The third-order valence-electron chi connectivity index (χ3n) is 1.71. The number of aryl methyl sites for hydroxylation is 1. The minimum absolute atomic E-state index is 0.130. The Kier molecular flexibility index (Phi) is 3.14. The number of aliphatic hydroxyl groups excluding tert-OH is 1. The van der Waals surface area contributed by atoms with Gasteiger partial charge < -0.3 is 19.8 Å². The van der Waals surface area contributed by atoms with Crippen molar-refractivity contribution < 1.29 is 10.0 Å². The fraction of sp³-hybridized carbons (Fsp3) is 0.429. The van der Waals surface area contributed by atoms with Crippen LogP contribution in [0.1, 0.15) is 12.1 Å². The van der Waals surface area contributed by atoms with E-state index in [1.165, 1.54) is 10.9 Å². The van der Waals surface area contributed by atoms with E-state index < -0.39 is 11.5 Å². The summed E-state index contributed by atoms with van der Waals surface area (Å²) in [5.41, 5.74) is 0.130. The largest absolute Gasteiger partial charge is 0.390 e. The molecule has 0 saturated heterocycles. The van der Waals surface area contributed by atoms with Gasteiger partial charge in [-0.2, -0.15) is 5.26 Å². The monoisotopic (exact) mass is 196 g/mol. The summed E-state index contributed by atoms with van der Waals surface area (Å²) >= 11 is 0. The van der Waals surface area contributed by atoms with Crippen molar-refractivity contribution in [1.29, 1.82) is 5.26 Å². The average Bonchev–Trinajstić information content (AvgIpc) is 2.57. The third kappa shape index (κ3) is 1.86. The highest BCUT2D eigenvalue weighted by molar-refractivity contribution is 5.26. The second kappa shape index (κ2) is 4.34. The molecule has 7 heteroatoms. The van der Waals surface area contributed by atoms with E-state index in [1.807, 2.05) is 6.07 Å². The summed E-state index contributed by atoms with van der Waals surface area (Å²) in [6.45, 7) is -0.158. The molecule has 0 fully saturated rings. The molecule has 0 aliphatic carbocycles. The molecule has 0 bridgehead atoms. The molecule has 0 aliphatic rings. The van der Waals surface area contributed by atoms with E-state index in [2.05, 4.69) is 4.98 Å². The predicted octanol–water partition coefficient (Wildman–Crippen LogP) is 0.197. The van der Waals surface area contributed by atoms with Crippen LogP contribution in [0.4, 0.5) is 5.82 Å². The molecule has 0 aliphatic heterocycles. The van der Waals surface area contributed by atoms with Gasteiger partial charge in [0.05, 0.1) is 19.1 Å². The lowest BCUT2D eigenvalue weighted by atomic mass is 10.4. The summed E-state index contributed by atoms with van der Waals surface area (Å²) in [5.74, 6) is -0.356. The van der Waals surface area contributed by atoms with Crippen molar-refractivity contribution in [2.24, 2.45) is 0 Å². The highest BCUT2D eigenvalue weighted by Crippen LogP contribution is 2.15. The fourth-order valence-electron chi connectivity index (χ4n) is 1.07. The smallest absolute Gasteiger partial charge is 0.387 e. The molecule has 0 amide bonds. The van der Waals surface area contributed by atoms with Crippen LogP contribution in [0.5, 0.6) is 0 Å². The molecule has 0 radical (unpaired) electrons. The summed E-state index contributed by atoms with van der Waals surface area (Å²) in [6.07, 6.45) is 1.47. The average molecular weight is 196 g/mol. The number of aromatic nitrogens is 2. The molecule has 0 aromatic carbocycles. The highest BCUT2D eigenvalue weighted by atomic mass is 16.6. The van der Waals surface area contributed by atoms with Crippen LogP contribution in [0.25, 0.3) is 0 Å². The van der Waals surface area contributed by atoms with Crippen molar-refractivity contribution in [2.45, 2.75) is 19.6 Å². The number of nitrogens with zero attached hydrogens (tertiary/aromatic N) is 4. The quantitative estimate of drug-likeness (QED) is 0.546. The second-order valence-corrected chi connectivity index (χ2v) is 2.53. The Morgan fingerprint density at radius 2 is 2.50 bits per heavy atom. The van der Waals surface area contributed by atoms with Crippen LogP contribution in [-0.2, 0) is 13.2 Å². The van der Waals surface area contributed by atoms with Gasteiger partial charge in [-0.1, -0.05) is 0 Å². The van der Waals surface area contributed by atoms with Gasteiger partial charge in [0.15, 0.2) is 0 Å². The minimum atomic E-state index is -0.658. The number of imidazole rings is 1. The highest BCUT2D eigenvalue weighted by Gasteiger charge is 2.19. The minimum Gasteiger partial charge on any atom is -0.390 e. The Morgan fingerprint density at radius 3 is 3.00 bits per heavy atom. The van der Waals surface area contributed by atoms with Crippen molar-refractivity contribution in [3.05, 3.63) is 22.1 Å². The number of nitro groups is 1. The van der Waals surface area contributed by atoms with Crippen molar-refractivity contribution in [2.75, 3.05) is 0 Å². The van der Waals surface area contributed by atoms with Gasteiger partial charge in [-0.05, 0) is 9.91 Å². The first-order chi connectivity index (χ1) is 6.70. The first kappa shape index (κ1) is 10.1. The van der Waals surface area contributed by atoms with Crippen molar-refractivity contribution in [3.63, 3.8) is 0 Å². The molecule has 7 nitrogen and oxygen atoms in total. The van der Waals surface area contributed by atoms with Gasteiger partial charge in [-0.25, -0.2) is 0 Å².